The van der Waals surface area contributed by atoms with E-state index in [0.717, 1.165) is 13.0 Å². The van der Waals surface area contributed by atoms with Gasteiger partial charge in [-0.25, -0.2) is 0 Å². The molecule has 1 aliphatic rings. The Labute approximate surface area is 114 Å². The lowest BCUT2D eigenvalue weighted by molar-refractivity contribution is -0.0664. The Morgan fingerprint density at radius 3 is 2.28 bits per heavy atom. The first-order valence-electron chi connectivity index (χ1n) is 7.54. The van der Waals surface area contributed by atoms with Gasteiger partial charge in [0.15, 0.2) is 0 Å². The van der Waals surface area contributed by atoms with E-state index >= 15 is 0 Å². The first-order chi connectivity index (χ1) is 8.38. The van der Waals surface area contributed by atoms with E-state index in [9.17, 15) is 0 Å². The third-order valence-electron chi connectivity index (χ3n) is 4.56. The Morgan fingerprint density at radius 2 is 1.89 bits per heavy atom. The van der Waals surface area contributed by atoms with Crippen molar-refractivity contribution in [3.05, 3.63) is 0 Å². The van der Waals surface area contributed by atoms with Crippen molar-refractivity contribution < 1.29 is 9.47 Å². The molecule has 106 valence electrons. The third-order valence-corrected chi connectivity index (χ3v) is 4.56. The Kier molecular flexibility index (Phi) is 5.73. The highest BCUT2D eigenvalue weighted by Gasteiger charge is 2.52. The summed E-state index contributed by atoms with van der Waals surface area (Å²) in [5, 5.41) is 0. The van der Waals surface area contributed by atoms with Crippen LogP contribution in [0.1, 0.15) is 41.0 Å². The molecule has 1 aliphatic heterocycles. The maximum Gasteiger partial charge on any atom is 0.123 e. The maximum atomic E-state index is 6.16. The van der Waals surface area contributed by atoms with Crippen molar-refractivity contribution in [2.45, 2.75) is 65.4 Å². The maximum absolute atomic E-state index is 6.16. The molecule has 1 heterocycles. The van der Waals surface area contributed by atoms with E-state index in [0.29, 0.717) is 29.7 Å². The highest BCUT2D eigenvalue weighted by Crippen LogP contribution is 2.46. The summed E-state index contributed by atoms with van der Waals surface area (Å²) in [6.45, 7) is 14.5. The first kappa shape index (κ1) is 16.0. The first-order valence-corrected chi connectivity index (χ1v) is 7.54. The molecule has 0 radical (unpaired) electrons. The van der Waals surface area contributed by atoms with Crippen molar-refractivity contribution in [3.63, 3.8) is 0 Å². The van der Waals surface area contributed by atoms with Crippen LogP contribution in [0.2, 0.25) is 12.6 Å². The fraction of sp³-hybridized carbons (Fsp3) is 1.00. The molecular formula is C15H31BO2. The van der Waals surface area contributed by atoms with Crippen LogP contribution in [-0.2, 0) is 9.47 Å². The Bertz CT molecular complexity index is 255. The van der Waals surface area contributed by atoms with Crippen LogP contribution in [0.5, 0.6) is 0 Å². The lowest BCUT2D eigenvalue weighted by Gasteiger charge is -2.39. The van der Waals surface area contributed by atoms with E-state index in [1.807, 2.05) is 7.11 Å². The third kappa shape index (κ3) is 3.11. The van der Waals surface area contributed by atoms with E-state index in [-0.39, 0.29) is 5.60 Å². The molecule has 0 N–H and O–H groups in total. The Hall–Kier alpha value is -0.0151. The SMILES string of the molecule is CBC(C)C1OCC(CC(C)C)(OC)C1C(C)C. The van der Waals surface area contributed by atoms with Crippen LogP contribution in [0, 0.1) is 17.8 Å². The van der Waals surface area contributed by atoms with Gasteiger partial charge in [-0.3, -0.25) is 0 Å². The van der Waals surface area contributed by atoms with Gasteiger partial charge in [-0.15, -0.1) is 0 Å². The minimum Gasteiger partial charge on any atom is -0.375 e. The van der Waals surface area contributed by atoms with E-state index in [2.05, 4.69) is 41.4 Å². The molecule has 3 heteroatoms. The van der Waals surface area contributed by atoms with Gasteiger partial charge in [-0.2, -0.15) is 0 Å². The van der Waals surface area contributed by atoms with Crippen molar-refractivity contribution in [2.24, 2.45) is 17.8 Å². The van der Waals surface area contributed by atoms with Crippen LogP contribution in [0.3, 0.4) is 0 Å². The van der Waals surface area contributed by atoms with Crippen molar-refractivity contribution in [2.75, 3.05) is 13.7 Å². The van der Waals surface area contributed by atoms with E-state index in [1.165, 1.54) is 7.28 Å². The average molecular weight is 254 g/mol. The molecule has 0 amide bonds. The molecule has 0 aliphatic carbocycles. The zero-order chi connectivity index (χ0) is 13.9. The second-order valence-electron chi connectivity index (χ2n) is 6.80. The number of ether oxygens (including phenoxy) is 2. The lowest BCUT2D eigenvalue weighted by Crippen LogP contribution is -2.45. The molecule has 0 aromatic heterocycles. The average Bonchev–Trinajstić information content (AvgIpc) is 2.67. The van der Waals surface area contributed by atoms with Crippen molar-refractivity contribution in [3.8, 4) is 0 Å². The van der Waals surface area contributed by atoms with Gasteiger partial charge in [0, 0.05) is 13.0 Å². The van der Waals surface area contributed by atoms with Crippen LogP contribution in [-0.4, -0.2) is 32.7 Å². The van der Waals surface area contributed by atoms with E-state index in [4.69, 9.17) is 9.47 Å². The Balaban J connectivity index is 2.97. The predicted molar refractivity (Wildman–Crippen MR) is 79.7 cm³/mol. The molecule has 4 unspecified atom stereocenters. The molecular weight excluding hydrogens is 223 g/mol. The second kappa shape index (κ2) is 6.43. The number of methoxy groups -OCH3 is 1. The van der Waals surface area contributed by atoms with Gasteiger partial charge in [0.1, 0.15) is 7.28 Å². The van der Waals surface area contributed by atoms with Crippen LogP contribution in [0.25, 0.3) is 0 Å². The highest BCUT2D eigenvalue weighted by atomic mass is 16.6. The summed E-state index contributed by atoms with van der Waals surface area (Å²) in [6.07, 6.45) is 1.45. The topological polar surface area (TPSA) is 18.5 Å². The predicted octanol–water partition coefficient (Wildman–Crippen LogP) is 3.38. The van der Waals surface area contributed by atoms with Crippen LogP contribution < -0.4 is 0 Å². The number of rotatable bonds is 6. The number of hydrogen-bond donors (Lipinski definition) is 0. The summed E-state index contributed by atoms with van der Waals surface area (Å²) in [5.41, 5.74) is -0.0730. The molecule has 18 heavy (non-hydrogen) atoms. The van der Waals surface area contributed by atoms with Gasteiger partial charge in [0.2, 0.25) is 0 Å². The zero-order valence-corrected chi connectivity index (χ0v) is 13.3. The Morgan fingerprint density at radius 1 is 1.28 bits per heavy atom. The molecule has 0 saturated carbocycles. The normalized spacial score (nSPS) is 34.3. The van der Waals surface area contributed by atoms with Gasteiger partial charge < -0.3 is 9.47 Å². The van der Waals surface area contributed by atoms with E-state index in [1.54, 1.807) is 0 Å². The highest BCUT2D eigenvalue weighted by molar-refractivity contribution is 6.35. The summed E-state index contributed by atoms with van der Waals surface area (Å²) in [6, 6.07) is 0. The molecule has 0 aromatic rings. The molecule has 0 aromatic carbocycles. The number of hydrogen-bond acceptors (Lipinski definition) is 2. The second-order valence-corrected chi connectivity index (χ2v) is 6.80. The quantitative estimate of drug-likeness (QED) is 0.676. The fourth-order valence-electron chi connectivity index (χ4n) is 3.64. The minimum absolute atomic E-state index is 0.0730. The standard InChI is InChI=1S/C15H31BO2/c1-10(2)8-15(17-7)9-18-14(12(5)16-6)13(15)11(3)4/h10-14,16H,8-9H2,1-7H3. The summed E-state index contributed by atoms with van der Waals surface area (Å²) in [4.78, 5) is 0. The lowest BCUT2D eigenvalue weighted by atomic mass is 9.60. The molecule has 2 nitrogen and oxygen atoms in total. The fourth-order valence-corrected chi connectivity index (χ4v) is 3.64. The molecule has 4 atom stereocenters. The molecule has 1 rings (SSSR count). The molecule has 1 saturated heterocycles. The van der Waals surface area contributed by atoms with Crippen molar-refractivity contribution in [1.82, 2.24) is 0 Å². The van der Waals surface area contributed by atoms with Gasteiger partial charge in [-0.1, -0.05) is 41.4 Å². The summed E-state index contributed by atoms with van der Waals surface area (Å²) >= 11 is 0. The largest absolute Gasteiger partial charge is 0.375 e. The van der Waals surface area contributed by atoms with Crippen molar-refractivity contribution in [1.29, 1.82) is 0 Å². The van der Waals surface area contributed by atoms with Crippen molar-refractivity contribution >= 4 is 7.28 Å². The van der Waals surface area contributed by atoms with E-state index < -0.39 is 0 Å². The summed E-state index contributed by atoms with van der Waals surface area (Å²) in [7, 11) is 3.04. The van der Waals surface area contributed by atoms with Gasteiger partial charge in [0.05, 0.1) is 18.3 Å². The smallest absolute Gasteiger partial charge is 0.123 e. The van der Waals surface area contributed by atoms with Gasteiger partial charge in [-0.05, 0) is 24.1 Å². The monoisotopic (exact) mass is 254 g/mol. The minimum atomic E-state index is -0.0730. The zero-order valence-electron chi connectivity index (χ0n) is 13.3. The summed E-state index contributed by atoms with van der Waals surface area (Å²) in [5.74, 6) is 2.37. The van der Waals surface area contributed by atoms with Crippen LogP contribution >= 0.6 is 0 Å². The van der Waals surface area contributed by atoms with Crippen LogP contribution in [0.15, 0.2) is 0 Å². The summed E-state index contributed by atoms with van der Waals surface area (Å²) < 4.78 is 12.1. The van der Waals surface area contributed by atoms with Gasteiger partial charge >= 0.3 is 0 Å². The van der Waals surface area contributed by atoms with Gasteiger partial charge in [0.25, 0.3) is 0 Å². The molecule has 0 bridgehead atoms. The van der Waals surface area contributed by atoms with Crippen LogP contribution in [0.4, 0.5) is 0 Å². The molecule has 0 spiro atoms. The molecule has 1 fully saturated rings.